The Kier molecular flexibility index (Phi) is 3.27. The summed E-state index contributed by atoms with van der Waals surface area (Å²) in [6.45, 7) is 2.90. The minimum absolute atomic E-state index is 0.200. The first-order valence-corrected chi connectivity index (χ1v) is 7.10. The fraction of sp³-hybridized carbons (Fsp3) is 0.533. The summed E-state index contributed by atoms with van der Waals surface area (Å²) in [5.41, 5.74) is 7.86. The second-order valence-corrected chi connectivity index (χ2v) is 5.47. The second-order valence-electron chi connectivity index (χ2n) is 5.47. The number of rotatable bonds is 2. The summed E-state index contributed by atoms with van der Waals surface area (Å²) in [6.07, 6.45) is 4.40. The van der Waals surface area contributed by atoms with Gasteiger partial charge in [-0.15, -0.1) is 0 Å². The highest BCUT2D eigenvalue weighted by molar-refractivity contribution is 5.76. The molecule has 0 saturated heterocycles. The molecule has 0 bridgehead atoms. The van der Waals surface area contributed by atoms with Gasteiger partial charge < -0.3 is 10.3 Å². The van der Waals surface area contributed by atoms with Crippen molar-refractivity contribution in [3.05, 3.63) is 29.8 Å². The Labute approximate surface area is 112 Å². The highest BCUT2D eigenvalue weighted by atomic mass is 19.1. The van der Waals surface area contributed by atoms with E-state index in [1.54, 1.807) is 12.1 Å². The van der Waals surface area contributed by atoms with Crippen LogP contribution in [0.25, 0.3) is 11.0 Å². The topological polar surface area (TPSA) is 43.8 Å². The summed E-state index contributed by atoms with van der Waals surface area (Å²) in [5, 5.41) is 0. The van der Waals surface area contributed by atoms with Crippen LogP contribution in [0.4, 0.5) is 4.39 Å². The molecule has 0 radical (unpaired) electrons. The van der Waals surface area contributed by atoms with Gasteiger partial charge in [0.05, 0.1) is 11.0 Å². The molecule has 1 aliphatic carbocycles. The largest absolute Gasteiger partial charge is 0.328 e. The Hall–Kier alpha value is -1.42. The van der Waals surface area contributed by atoms with Gasteiger partial charge in [-0.25, -0.2) is 9.37 Å². The SMILES string of the molecule is CCn1c(C2CCCC(N)C2)nc2ccc(F)cc21. The lowest BCUT2D eigenvalue weighted by Gasteiger charge is -2.26. The predicted octanol–water partition coefficient (Wildman–Crippen LogP) is 3.18. The molecule has 1 saturated carbocycles. The zero-order valence-corrected chi connectivity index (χ0v) is 11.3. The van der Waals surface area contributed by atoms with Crippen LogP contribution in [0.2, 0.25) is 0 Å². The number of hydrogen-bond donors (Lipinski definition) is 1. The van der Waals surface area contributed by atoms with Crippen LogP contribution < -0.4 is 5.73 Å². The van der Waals surface area contributed by atoms with Crippen molar-refractivity contribution in [2.24, 2.45) is 5.73 Å². The fourth-order valence-corrected chi connectivity index (χ4v) is 3.22. The van der Waals surface area contributed by atoms with Gasteiger partial charge in [0.1, 0.15) is 11.6 Å². The Morgan fingerprint density at radius 3 is 3.00 bits per heavy atom. The molecule has 0 amide bonds. The number of aryl methyl sites for hydroxylation is 1. The minimum Gasteiger partial charge on any atom is -0.328 e. The summed E-state index contributed by atoms with van der Waals surface area (Å²) >= 11 is 0. The lowest BCUT2D eigenvalue weighted by molar-refractivity contribution is 0.375. The third-order valence-electron chi connectivity index (χ3n) is 4.14. The monoisotopic (exact) mass is 261 g/mol. The molecular weight excluding hydrogens is 241 g/mol. The van der Waals surface area contributed by atoms with Crippen LogP contribution in [0.5, 0.6) is 0 Å². The van der Waals surface area contributed by atoms with E-state index in [0.717, 1.165) is 49.1 Å². The minimum atomic E-state index is -0.200. The molecule has 2 aromatic rings. The van der Waals surface area contributed by atoms with Crippen LogP contribution in [0.3, 0.4) is 0 Å². The normalized spacial score (nSPS) is 23.9. The van der Waals surface area contributed by atoms with E-state index in [1.807, 2.05) is 0 Å². The van der Waals surface area contributed by atoms with Gasteiger partial charge in [-0.2, -0.15) is 0 Å². The molecule has 3 rings (SSSR count). The lowest BCUT2D eigenvalue weighted by Crippen LogP contribution is -2.28. The quantitative estimate of drug-likeness (QED) is 0.902. The molecular formula is C15H20FN3. The van der Waals surface area contributed by atoms with E-state index >= 15 is 0 Å². The Bertz CT molecular complexity index is 590. The van der Waals surface area contributed by atoms with Crippen LogP contribution in [0.1, 0.15) is 44.3 Å². The number of aromatic nitrogens is 2. The molecule has 1 aromatic heterocycles. The van der Waals surface area contributed by atoms with Gasteiger partial charge in [0.2, 0.25) is 0 Å². The second kappa shape index (κ2) is 4.93. The van der Waals surface area contributed by atoms with Gasteiger partial charge in [-0.05, 0) is 44.4 Å². The van der Waals surface area contributed by atoms with E-state index in [1.165, 1.54) is 6.07 Å². The van der Waals surface area contributed by atoms with Gasteiger partial charge in [-0.3, -0.25) is 0 Å². The summed E-state index contributed by atoms with van der Waals surface area (Å²) in [4.78, 5) is 4.72. The highest BCUT2D eigenvalue weighted by Crippen LogP contribution is 2.33. The number of halogens is 1. The molecule has 2 unspecified atom stereocenters. The van der Waals surface area contributed by atoms with Crippen LogP contribution in [0.15, 0.2) is 18.2 Å². The van der Waals surface area contributed by atoms with Gasteiger partial charge in [-0.1, -0.05) is 6.42 Å². The maximum atomic E-state index is 13.4. The predicted molar refractivity (Wildman–Crippen MR) is 74.5 cm³/mol. The highest BCUT2D eigenvalue weighted by Gasteiger charge is 2.25. The Morgan fingerprint density at radius 2 is 2.26 bits per heavy atom. The summed E-state index contributed by atoms with van der Waals surface area (Å²) in [6, 6.07) is 5.10. The van der Waals surface area contributed by atoms with E-state index in [2.05, 4.69) is 11.5 Å². The molecule has 4 heteroatoms. The molecule has 1 aliphatic rings. The van der Waals surface area contributed by atoms with Crippen molar-refractivity contribution < 1.29 is 4.39 Å². The molecule has 0 spiro atoms. The molecule has 2 N–H and O–H groups in total. The maximum Gasteiger partial charge on any atom is 0.125 e. The molecule has 19 heavy (non-hydrogen) atoms. The zero-order chi connectivity index (χ0) is 13.4. The van der Waals surface area contributed by atoms with Crippen molar-refractivity contribution >= 4 is 11.0 Å². The molecule has 0 aliphatic heterocycles. The molecule has 1 aromatic carbocycles. The van der Waals surface area contributed by atoms with Crippen LogP contribution >= 0.6 is 0 Å². The first-order chi connectivity index (χ1) is 9.19. The van der Waals surface area contributed by atoms with Gasteiger partial charge in [0, 0.05) is 18.5 Å². The van der Waals surface area contributed by atoms with E-state index in [0.29, 0.717) is 5.92 Å². The van der Waals surface area contributed by atoms with E-state index in [4.69, 9.17) is 10.7 Å². The number of hydrogen-bond acceptors (Lipinski definition) is 2. The van der Waals surface area contributed by atoms with E-state index in [9.17, 15) is 4.39 Å². The van der Waals surface area contributed by atoms with Crippen molar-refractivity contribution in [3.63, 3.8) is 0 Å². The maximum absolute atomic E-state index is 13.4. The van der Waals surface area contributed by atoms with Crippen molar-refractivity contribution in [1.29, 1.82) is 0 Å². The Balaban J connectivity index is 2.07. The number of benzene rings is 1. The average Bonchev–Trinajstić information content (AvgIpc) is 2.76. The first-order valence-electron chi connectivity index (χ1n) is 7.10. The van der Waals surface area contributed by atoms with Crippen molar-refractivity contribution in [2.45, 2.75) is 51.1 Å². The van der Waals surface area contributed by atoms with Gasteiger partial charge in [0.25, 0.3) is 0 Å². The third kappa shape index (κ3) is 2.25. The van der Waals surface area contributed by atoms with Gasteiger partial charge >= 0.3 is 0 Å². The summed E-state index contributed by atoms with van der Waals surface area (Å²) in [7, 11) is 0. The van der Waals surface area contributed by atoms with Crippen molar-refractivity contribution in [3.8, 4) is 0 Å². The smallest absolute Gasteiger partial charge is 0.125 e. The summed E-state index contributed by atoms with van der Waals surface area (Å²) < 4.78 is 15.5. The standard InChI is InChI=1S/C15H20FN3/c1-2-19-14-9-11(16)6-7-13(14)18-15(19)10-4-3-5-12(17)8-10/h6-7,9-10,12H,2-5,8,17H2,1H3. The molecule has 1 heterocycles. The average molecular weight is 261 g/mol. The summed E-state index contributed by atoms with van der Waals surface area (Å²) in [5.74, 6) is 1.30. The molecule has 2 atom stereocenters. The fourth-order valence-electron chi connectivity index (χ4n) is 3.22. The molecule has 1 fully saturated rings. The lowest BCUT2D eigenvalue weighted by atomic mass is 9.85. The number of imidazole rings is 1. The van der Waals surface area contributed by atoms with Crippen LogP contribution in [-0.2, 0) is 6.54 Å². The van der Waals surface area contributed by atoms with Gasteiger partial charge in [0.15, 0.2) is 0 Å². The molecule has 102 valence electrons. The van der Waals surface area contributed by atoms with Crippen LogP contribution in [0, 0.1) is 5.82 Å². The Morgan fingerprint density at radius 1 is 1.42 bits per heavy atom. The third-order valence-corrected chi connectivity index (χ3v) is 4.14. The number of nitrogens with two attached hydrogens (primary N) is 1. The van der Waals surface area contributed by atoms with Crippen molar-refractivity contribution in [2.75, 3.05) is 0 Å². The number of fused-ring (bicyclic) bond motifs is 1. The number of nitrogens with zero attached hydrogens (tertiary/aromatic N) is 2. The van der Waals surface area contributed by atoms with Crippen molar-refractivity contribution in [1.82, 2.24) is 9.55 Å². The molecule has 3 nitrogen and oxygen atoms in total. The van der Waals surface area contributed by atoms with Crippen LogP contribution in [-0.4, -0.2) is 15.6 Å². The van der Waals surface area contributed by atoms with E-state index in [-0.39, 0.29) is 11.9 Å². The first kappa shape index (κ1) is 12.6. The zero-order valence-electron chi connectivity index (χ0n) is 11.3. The van der Waals surface area contributed by atoms with E-state index < -0.39 is 0 Å².